The van der Waals surface area contributed by atoms with Crippen LogP contribution in [0.5, 0.6) is 17.2 Å². The minimum Gasteiger partial charge on any atom is -0.494 e. The van der Waals surface area contributed by atoms with E-state index in [1.807, 2.05) is 92.0 Å². The summed E-state index contributed by atoms with van der Waals surface area (Å²) in [6, 6.07) is 24.5. The standard InChI is InChI=1S/C25H23N3O3/c1-2-30-21-12-14-22(15-13-21)31-24-11-7-6-10-23(24)27-25(29)16-19-17-26-28(18-19)20-8-4-3-5-9-20/h3-15,17-18H,2,16H2,1H3,(H,27,29). The summed E-state index contributed by atoms with van der Waals surface area (Å²) in [4.78, 5) is 12.6. The third-order valence-corrected chi connectivity index (χ3v) is 4.55. The summed E-state index contributed by atoms with van der Waals surface area (Å²) >= 11 is 0. The highest BCUT2D eigenvalue weighted by Gasteiger charge is 2.11. The summed E-state index contributed by atoms with van der Waals surface area (Å²) in [5, 5.41) is 7.28. The number of aromatic nitrogens is 2. The number of nitrogens with zero attached hydrogens (tertiary/aromatic N) is 2. The number of carbonyl (C=O) groups excluding carboxylic acids is 1. The Morgan fingerprint density at radius 1 is 0.935 bits per heavy atom. The van der Waals surface area contributed by atoms with Gasteiger partial charge in [0, 0.05) is 6.20 Å². The molecule has 4 rings (SSSR count). The molecule has 6 nitrogen and oxygen atoms in total. The van der Waals surface area contributed by atoms with Gasteiger partial charge in [0.2, 0.25) is 5.91 Å². The molecule has 0 bridgehead atoms. The molecule has 0 fully saturated rings. The molecule has 0 aliphatic heterocycles. The van der Waals surface area contributed by atoms with E-state index < -0.39 is 0 Å². The molecular formula is C25H23N3O3. The van der Waals surface area contributed by atoms with E-state index in [0.717, 1.165) is 17.0 Å². The summed E-state index contributed by atoms with van der Waals surface area (Å²) < 4.78 is 13.2. The van der Waals surface area contributed by atoms with E-state index in [-0.39, 0.29) is 12.3 Å². The van der Waals surface area contributed by atoms with Gasteiger partial charge in [0.05, 0.1) is 30.6 Å². The van der Waals surface area contributed by atoms with Gasteiger partial charge in [-0.1, -0.05) is 30.3 Å². The van der Waals surface area contributed by atoms with Crippen molar-refractivity contribution in [2.45, 2.75) is 13.3 Å². The van der Waals surface area contributed by atoms with Crippen molar-refractivity contribution < 1.29 is 14.3 Å². The maximum Gasteiger partial charge on any atom is 0.229 e. The van der Waals surface area contributed by atoms with Crippen LogP contribution in [0.3, 0.4) is 0 Å². The Labute approximate surface area is 181 Å². The van der Waals surface area contributed by atoms with E-state index in [1.54, 1.807) is 10.9 Å². The van der Waals surface area contributed by atoms with E-state index in [0.29, 0.717) is 23.8 Å². The third-order valence-electron chi connectivity index (χ3n) is 4.55. The van der Waals surface area contributed by atoms with Crippen LogP contribution in [0.25, 0.3) is 5.69 Å². The zero-order chi connectivity index (χ0) is 21.5. The van der Waals surface area contributed by atoms with E-state index in [2.05, 4.69) is 10.4 Å². The average molecular weight is 413 g/mol. The van der Waals surface area contributed by atoms with Crippen LogP contribution in [0.2, 0.25) is 0 Å². The van der Waals surface area contributed by atoms with Crippen molar-refractivity contribution in [3.63, 3.8) is 0 Å². The van der Waals surface area contributed by atoms with E-state index in [9.17, 15) is 4.79 Å². The fourth-order valence-electron chi connectivity index (χ4n) is 3.11. The molecule has 3 aromatic carbocycles. The van der Waals surface area contributed by atoms with Crippen molar-refractivity contribution in [3.8, 4) is 22.9 Å². The molecule has 0 aliphatic carbocycles. The first-order chi connectivity index (χ1) is 15.2. The molecule has 0 atom stereocenters. The van der Waals surface area contributed by atoms with E-state index in [4.69, 9.17) is 9.47 Å². The lowest BCUT2D eigenvalue weighted by Gasteiger charge is -2.12. The largest absolute Gasteiger partial charge is 0.494 e. The lowest BCUT2D eigenvalue weighted by atomic mass is 10.2. The molecule has 6 heteroatoms. The summed E-state index contributed by atoms with van der Waals surface area (Å²) in [5.74, 6) is 1.87. The summed E-state index contributed by atoms with van der Waals surface area (Å²) in [5.41, 5.74) is 2.38. The maximum atomic E-state index is 12.6. The van der Waals surface area contributed by atoms with Gasteiger partial charge in [-0.05, 0) is 61.0 Å². The monoisotopic (exact) mass is 413 g/mol. The molecule has 0 spiro atoms. The lowest BCUT2D eigenvalue weighted by molar-refractivity contribution is -0.115. The van der Waals surface area contributed by atoms with Gasteiger partial charge >= 0.3 is 0 Å². The Morgan fingerprint density at radius 3 is 2.42 bits per heavy atom. The zero-order valence-electron chi connectivity index (χ0n) is 17.2. The maximum absolute atomic E-state index is 12.6. The average Bonchev–Trinajstić information content (AvgIpc) is 3.25. The van der Waals surface area contributed by atoms with Crippen molar-refractivity contribution in [1.82, 2.24) is 9.78 Å². The smallest absolute Gasteiger partial charge is 0.229 e. The Kier molecular flexibility index (Phi) is 6.28. The van der Waals surface area contributed by atoms with Crippen LogP contribution in [-0.2, 0) is 11.2 Å². The molecule has 0 aliphatic rings. The molecule has 1 aromatic heterocycles. The number of amides is 1. The number of nitrogens with one attached hydrogen (secondary N) is 1. The van der Waals surface area contributed by atoms with Gasteiger partial charge < -0.3 is 14.8 Å². The van der Waals surface area contributed by atoms with Crippen molar-refractivity contribution in [2.24, 2.45) is 0 Å². The molecule has 1 N–H and O–H groups in total. The molecule has 0 saturated heterocycles. The SMILES string of the molecule is CCOc1ccc(Oc2ccccc2NC(=O)Cc2cnn(-c3ccccc3)c2)cc1. The van der Waals surface area contributed by atoms with Gasteiger partial charge in [-0.25, -0.2) is 4.68 Å². The molecule has 0 unspecified atom stereocenters. The second kappa shape index (κ2) is 9.63. The number of para-hydroxylation sites is 3. The number of anilines is 1. The second-order valence-corrected chi connectivity index (χ2v) is 6.86. The van der Waals surface area contributed by atoms with Crippen LogP contribution in [0.1, 0.15) is 12.5 Å². The summed E-state index contributed by atoms with van der Waals surface area (Å²) in [7, 11) is 0. The minimum atomic E-state index is -0.143. The summed E-state index contributed by atoms with van der Waals surface area (Å²) in [6.45, 7) is 2.55. The fourth-order valence-corrected chi connectivity index (χ4v) is 3.11. The highest BCUT2D eigenvalue weighted by Crippen LogP contribution is 2.30. The Morgan fingerprint density at radius 2 is 1.65 bits per heavy atom. The molecule has 156 valence electrons. The van der Waals surface area contributed by atoms with Crippen molar-refractivity contribution >= 4 is 11.6 Å². The first-order valence-electron chi connectivity index (χ1n) is 10.1. The van der Waals surface area contributed by atoms with Crippen molar-refractivity contribution in [3.05, 3.63) is 96.8 Å². The Bertz CT molecular complexity index is 1140. The van der Waals surface area contributed by atoms with Crippen LogP contribution < -0.4 is 14.8 Å². The van der Waals surface area contributed by atoms with Crippen LogP contribution in [0.4, 0.5) is 5.69 Å². The molecule has 1 amide bonds. The molecule has 31 heavy (non-hydrogen) atoms. The predicted molar refractivity (Wildman–Crippen MR) is 120 cm³/mol. The number of carbonyl (C=O) groups is 1. The number of hydrogen-bond acceptors (Lipinski definition) is 4. The number of rotatable bonds is 8. The number of benzene rings is 3. The van der Waals surface area contributed by atoms with Gasteiger partial charge in [-0.2, -0.15) is 5.10 Å². The normalized spacial score (nSPS) is 10.5. The molecule has 4 aromatic rings. The van der Waals surface area contributed by atoms with Crippen LogP contribution >= 0.6 is 0 Å². The van der Waals surface area contributed by atoms with Crippen molar-refractivity contribution in [1.29, 1.82) is 0 Å². The Balaban J connectivity index is 1.41. The number of ether oxygens (including phenoxy) is 2. The Hall–Kier alpha value is -4.06. The summed E-state index contributed by atoms with van der Waals surface area (Å²) in [6.07, 6.45) is 3.77. The molecule has 1 heterocycles. The topological polar surface area (TPSA) is 65.4 Å². The van der Waals surface area contributed by atoms with Gasteiger partial charge in [0.25, 0.3) is 0 Å². The third kappa shape index (κ3) is 5.30. The molecule has 0 saturated carbocycles. The predicted octanol–water partition coefficient (Wildman–Crippen LogP) is 5.24. The minimum absolute atomic E-state index is 0.143. The highest BCUT2D eigenvalue weighted by molar-refractivity contribution is 5.93. The second-order valence-electron chi connectivity index (χ2n) is 6.86. The van der Waals surface area contributed by atoms with Gasteiger partial charge in [0.1, 0.15) is 11.5 Å². The quantitative estimate of drug-likeness (QED) is 0.429. The number of hydrogen-bond donors (Lipinski definition) is 1. The van der Waals surface area contributed by atoms with Crippen LogP contribution in [-0.4, -0.2) is 22.3 Å². The van der Waals surface area contributed by atoms with Gasteiger partial charge in [-0.15, -0.1) is 0 Å². The fraction of sp³-hybridized carbons (Fsp3) is 0.120. The van der Waals surface area contributed by atoms with Gasteiger partial charge in [0.15, 0.2) is 5.75 Å². The van der Waals surface area contributed by atoms with Crippen LogP contribution in [0, 0.1) is 0 Å². The van der Waals surface area contributed by atoms with E-state index >= 15 is 0 Å². The van der Waals surface area contributed by atoms with E-state index in [1.165, 1.54) is 0 Å². The van der Waals surface area contributed by atoms with Crippen LogP contribution in [0.15, 0.2) is 91.3 Å². The zero-order valence-corrected chi connectivity index (χ0v) is 17.2. The molecule has 0 radical (unpaired) electrons. The first-order valence-corrected chi connectivity index (χ1v) is 10.1. The molecular weight excluding hydrogens is 390 g/mol. The van der Waals surface area contributed by atoms with Crippen molar-refractivity contribution in [2.75, 3.05) is 11.9 Å². The first kappa shape index (κ1) is 20.2. The highest BCUT2D eigenvalue weighted by atomic mass is 16.5. The van der Waals surface area contributed by atoms with Gasteiger partial charge in [-0.3, -0.25) is 4.79 Å². The lowest BCUT2D eigenvalue weighted by Crippen LogP contribution is -2.14.